The predicted molar refractivity (Wildman–Crippen MR) is 57.9 cm³/mol. The molecule has 3 N–H and O–H groups in total. The SMILES string of the molecule is O=C(NCC1(O)CCC1)Nc1cccnn1. The molecule has 0 aromatic carbocycles. The molecule has 0 spiro atoms. The van der Waals surface area contributed by atoms with Gasteiger partial charge in [-0.15, -0.1) is 5.10 Å². The van der Waals surface area contributed by atoms with E-state index >= 15 is 0 Å². The molecule has 6 heteroatoms. The van der Waals surface area contributed by atoms with Gasteiger partial charge in [0.15, 0.2) is 5.82 Å². The number of aliphatic hydroxyl groups is 1. The Morgan fingerprint density at radius 2 is 2.38 bits per heavy atom. The van der Waals surface area contributed by atoms with Crippen molar-refractivity contribution < 1.29 is 9.90 Å². The van der Waals surface area contributed by atoms with Crippen LogP contribution in [0.15, 0.2) is 18.3 Å². The minimum absolute atomic E-state index is 0.277. The summed E-state index contributed by atoms with van der Waals surface area (Å²) in [5.74, 6) is 0.389. The maximum Gasteiger partial charge on any atom is 0.320 e. The maximum atomic E-state index is 11.4. The maximum absolute atomic E-state index is 11.4. The highest BCUT2D eigenvalue weighted by Gasteiger charge is 2.34. The fraction of sp³-hybridized carbons (Fsp3) is 0.500. The van der Waals surface area contributed by atoms with Gasteiger partial charge in [-0.1, -0.05) is 0 Å². The van der Waals surface area contributed by atoms with Crippen molar-refractivity contribution in [2.24, 2.45) is 0 Å². The van der Waals surface area contributed by atoms with Crippen LogP contribution in [0, 0.1) is 0 Å². The van der Waals surface area contributed by atoms with Crippen LogP contribution in [0.2, 0.25) is 0 Å². The molecular formula is C10H14N4O2. The first-order valence-electron chi connectivity index (χ1n) is 5.23. The molecule has 0 unspecified atom stereocenters. The second-order valence-corrected chi connectivity index (χ2v) is 3.99. The van der Waals surface area contributed by atoms with E-state index in [1.54, 1.807) is 12.1 Å². The number of nitrogens with one attached hydrogen (secondary N) is 2. The minimum atomic E-state index is -0.709. The summed E-state index contributed by atoms with van der Waals surface area (Å²) in [4.78, 5) is 11.4. The third-order valence-electron chi connectivity index (χ3n) is 2.68. The van der Waals surface area contributed by atoms with E-state index in [9.17, 15) is 9.90 Å². The van der Waals surface area contributed by atoms with Crippen LogP contribution >= 0.6 is 0 Å². The number of amides is 2. The second-order valence-electron chi connectivity index (χ2n) is 3.99. The van der Waals surface area contributed by atoms with Gasteiger partial charge in [0, 0.05) is 12.7 Å². The molecule has 86 valence electrons. The molecule has 0 aliphatic heterocycles. The standard InChI is InChI=1S/C10H14N4O2/c15-9(11-7-10(16)4-2-5-10)13-8-3-1-6-12-14-8/h1,3,6,16H,2,4-5,7H2,(H2,11,13,14,15). The van der Waals surface area contributed by atoms with Gasteiger partial charge in [-0.25, -0.2) is 4.79 Å². The Morgan fingerprint density at radius 3 is 2.94 bits per heavy atom. The Labute approximate surface area is 93.1 Å². The molecule has 16 heavy (non-hydrogen) atoms. The Bertz CT molecular complexity index is 364. The number of hydrogen-bond donors (Lipinski definition) is 3. The molecule has 6 nitrogen and oxygen atoms in total. The number of carbonyl (C=O) groups is 1. The van der Waals surface area contributed by atoms with Crippen molar-refractivity contribution in [3.63, 3.8) is 0 Å². The molecule has 2 amide bonds. The molecular weight excluding hydrogens is 208 g/mol. The van der Waals surface area contributed by atoms with E-state index in [1.807, 2.05) is 0 Å². The van der Waals surface area contributed by atoms with Crippen molar-refractivity contribution >= 4 is 11.8 Å². The number of carbonyl (C=O) groups excluding carboxylic acids is 1. The first kappa shape index (κ1) is 10.8. The van der Waals surface area contributed by atoms with Gasteiger partial charge >= 0.3 is 6.03 Å². The average Bonchev–Trinajstić information content (AvgIpc) is 2.25. The monoisotopic (exact) mass is 222 g/mol. The topological polar surface area (TPSA) is 87.1 Å². The fourth-order valence-corrected chi connectivity index (χ4v) is 1.54. The molecule has 0 radical (unpaired) electrons. The number of anilines is 1. The minimum Gasteiger partial charge on any atom is -0.388 e. The summed E-state index contributed by atoms with van der Waals surface area (Å²) in [6, 6.07) is 2.95. The largest absolute Gasteiger partial charge is 0.388 e. The highest BCUT2D eigenvalue weighted by atomic mass is 16.3. The molecule has 1 aliphatic rings. The lowest BCUT2D eigenvalue weighted by molar-refractivity contribution is -0.0287. The number of urea groups is 1. The van der Waals surface area contributed by atoms with Gasteiger partial charge in [0.05, 0.1) is 5.60 Å². The lowest BCUT2D eigenvalue weighted by Gasteiger charge is -2.36. The van der Waals surface area contributed by atoms with Crippen LogP contribution in [-0.2, 0) is 0 Å². The van der Waals surface area contributed by atoms with Crippen molar-refractivity contribution in [1.29, 1.82) is 0 Å². The highest BCUT2D eigenvalue weighted by Crippen LogP contribution is 2.30. The van der Waals surface area contributed by atoms with Crippen molar-refractivity contribution in [3.8, 4) is 0 Å². The first-order valence-corrected chi connectivity index (χ1v) is 5.23. The van der Waals surface area contributed by atoms with E-state index in [1.165, 1.54) is 6.20 Å². The molecule has 0 bridgehead atoms. The van der Waals surface area contributed by atoms with E-state index < -0.39 is 5.60 Å². The summed E-state index contributed by atoms with van der Waals surface area (Å²) < 4.78 is 0. The lowest BCUT2D eigenvalue weighted by Crippen LogP contribution is -2.48. The summed E-state index contributed by atoms with van der Waals surface area (Å²) in [7, 11) is 0. The van der Waals surface area contributed by atoms with E-state index in [0.29, 0.717) is 5.82 Å². The summed E-state index contributed by atoms with van der Waals surface area (Å²) in [5.41, 5.74) is -0.709. The Balaban J connectivity index is 1.76. The molecule has 1 heterocycles. The van der Waals surface area contributed by atoms with Crippen LogP contribution in [0.3, 0.4) is 0 Å². The molecule has 0 atom stereocenters. The van der Waals surface area contributed by atoms with E-state index in [0.717, 1.165) is 19.3 Å². The van der Waals surface area contributed by atoms with Crippen molar-refractivity contribution in [2.45, 2.75) is 24.9 Å². The van der Waals surface area contributed by atoms with Gasteiger partial charge in [-0.3, -0.25) is 5.32 Å². The van der Waals surface area contributed by atoms with Crippen molar-refractivity contribution in [1.82, 2.24) is 15.5 Å². The number of rotatable bonds is 3. The summed E-state index contributed by atoms with van der Waals surface area (Å²) in [6.07, 6.45) is 4.04. The van der Waals surface area contributed by atoms with E-state index in [2.05, 4.69) is 20.8 Å². The number of nitrogens with zero attached hydrogens (tertiary/aromatic N) is 2. The van der Waals surface area contributed by atoms with Gasteiger partial charge in [0.2, 0.25) is 0 Å². The van der Waals surface area contributed by atoms with Gasteiger partial charge in [-0.05, 0) is 31.4 Å². The van der Waals surface area contributed by atoms with Gasteiger partial charge in [0.1, 0.15) is 0 Å². The summed E-state index contributed by atoms with van der Waals surface area (Å²) >= 11 is 0. The van der Waals surface area contributed by atoms with Crippen molar-refractivity contribution in [2.75, 3.05) is 11.9 Å². The van der Waals surface area contributed by atoms with Crippen LogP contribution in [0.5, 0.6) is 0 Å². The Morgan fingerprint density at radius 1 is 1.56 bits per heavy atom. The van der Waals surface area contributed by atoms with E-state index in [-0.39, 0.29) is 12.6 Å². The molecule has 1 aromatic heterocycles. The van der Waals surface area contributed by atoms with Crippen LogP contribution in [0.25, 0.3) is 0 Å². The average molecular weight is 222 g/mol. The normalized spacial score (nSPS) is 17.3. The molecule has 1 aromatic rings. The zero-order valence-corrected chi connectivity index (χ0v) is 8.81. The fourth-order valence-electron chi connectivity index (χ4n) is 1.54. The third kappa shape index (κ3) is 2.66. The zero-order valence-electron chi connectivity index (χ0n) is 8.81. The quantitative estimate of drug-likeness (QED) is 0.695. The van der Waals surface area contributed by atoms with Crippen LogP contribution < -0.4 is 10.6 Å². The van der Waals surface area contributed by atoms with Crippen molar-refractivity contribution in [3.05, 3.63) is 18.3 Å². The Kier molecular flexibility index (Phi) is 3.00. The molecule has 2 rings (SSSR count). The molecule has 1 saturated carbocycles. The predicted octanol–water partition coefficient (Wildman–Crippen LogP) is 0.513. The number of aromatic nitrogens is 2. The number of hydrogen-bond acceptors (Lipinski definition) is 4. The lowest BCUT2D eigenvalue weighted by atomic mass is 9.80. The van der Waals surface area contributed by atoms with Gasteiger partial charge < -0.3 is 10.4 Å². The highest BCUT2D eigenvalue weighted by molar-refractivity contribution is 5.88. The van der Waals surface area contributed by atoms with Gasteiger partial charge in [-0.2, -0.15) is 5.10 Å². The summed E-state index contributed by atoms with van der Waals surface area (Å²) in [6.45, 7) is 0.277. The van der Waals surface area contributed by atoms with Crippen LogP contribution in [-0.4, -0.2) is 33.5 Å². The molecule has 1 aliphatic carbocycles. The van der Waals surface area contributed by atoms with Crippen LogP contribution in [0.4, 0.5) is 10.6 Å². The van der Waals surface area contributed by atoms with Gasteiger partial charge in [0.25, 0.3) is 0 Å². The summed E-state index contributed by atoms with van der Waals surface area (Å²) in [5, 5.41) is 22.2. The van der Waals surface area contributed by atoms with E-state index in [4.69, 9.17) is 0 Å². The zero-order chi connectivity index (χ0) is 11.4. The Hall–Kier alpha value is -1.69. The van der Waals surface area contributed by atoms with Crippen LogP contribution in [0.1, 0.15) is 19.3 Å². The third-order valence-corrected chi connectivity index (χ3v) is 2.68. The molecule has 1 fully saturated rings. The molecule has 0 saturated heterocycles. The smallest absolute Gasteiger partial charge is 0.320 e. The second kappa shape index (κ2) is 4.44. The first-order chi connectivity index (χ1) is 7.68.